The number of amides is 1. The van der Waals surface area contributed by atoms with Crippen LogP contribution in [0, 0.1) is 0 Å². The van der Waals surface area contributed by atoms with E-state index >= 15 is 0 Å². The van der Waals surface area contributed by atoms with Crippen LogP contribution < -0.4 is 0 Å². The molecule has 1 atom stereocenters. The molecule has 0 aliphatic carbocycles. The molecular formula is C17H30N4O2. The Morgan fingerprint density at radius 1 is 1.48 bits per heavy atom. The van der Waals surface area contributed by atoms with E-state index in [1.165, 1.54) is 0 Å². The molecule has 6 heteroatoms. The maximum absolute atomic E-state index is 12.1. The Morgan fingerprint density at radius 3 is 3.04 bits per heavy atom. The molecule has 1 aromatic rings. The van der Waals surface area contributed by atoms with Gasteiger partial charge in [0.15, 0.2) is 0 Å². The van der Waals surface area contributed by atoms with E-state index in [4.69, 9.17) is 4.74 Å². The molecule has 0 radical (unpaired) electrons. The summed E-state index contributed by atoms with van der Waals surface area (Å²) in [5, 5.41) is 0. The third kappa shape index (κ3) is 5.23. The van der Waals surface area contributed by atoms with Gasteiger partial charge in [-0.3, -0.25) is 0 Å². The molecule has 6 nitrogen and oxygen atoms in total. The predicted molar refractivity (Wildman–Crippen MR) is 90.6 cm³/mol. The Bertz CT molecular complexity index is 487. The summed E-state index contributed by atoms with van der Waals surface area (Å²) in [7, 11) is 4.19. The number of imidazole rings is 1. The molecule has 1 aliphatic heterocycles. The van der Waals surface area contributed by atoms with Gasteiger partial charge in [-0.1, -0.05) is 6.92 Å². The van der Waals surface area contributed by atoms with E-state index in [0.29, 0.717) is 19.1 Å². The summed E-state index contributed by atoms with van der Waals surface area (Å²) in [4.78, 5) is 20.7. The molecule has 1 fully saturated rings. The fourth-order valence-corrected chi connectivity index (χ4v) is 3.06. The van der Waals surface area contributed by atoms with Crippen molar-refractivity contribution < 1.29 is 9.53 Å². The number of nitrogens with zero attached hydrogens (tertiary/aromatic N) is 4. The van der Waals surface area contributed by atoms with Crippen molar-refractivity contribution in [1.29, 1.82) is 0 Å². The van der Waals surface area contributed by atoms with Gasteiger partial charge in [0.1, 0.15) is 5.82 Å². The Hall–Kier alpha value is -1.56. The molecule has 2 heterocycles. The molecule has 2 rings (SSSR count). The summed E-state index contributed by atoms with van der Waals surface area (Å²) in [6, 6.07) is 0. The van der Waals surface area contributed by atoms with Gasteiger partial charge in [0.05, 0.1) is 6.61 Å². The number of carbonyl (C=O) groups is 1. The average molecular weight is 322 g/mol. The van der Waals surface area contributed by atoms with Crippen molar-refractivity contribution in [3.05, 3.63) is 18.2 Å². The van der Waals surface area contributed by atoms with Gasteiger partial charge in [-0.05, 0) is 46.3 Å². The molecule has 0 bridgehead atoms. The van der Waals surface area contributed by atoms with Crippen molar-refractivity contribution in [3.63, 3.8) is 0 Å². The number of aryl methyl sites for hydroxylation is 1. The number of rotatable bonds is 7. The molecule has 0 saturated carbocycles. The van der Waals surface area contributed by atoms with Gasteiger partial charge >= 0.3 is 6.09 Å². The molecule has 1 aromatic heterocycles. The quantitative estimate of drug-likeness (QED) is 0.774. The maximum Gasteiger partial charge on any atom is 0.409 e. The van der Waals surface area contributed by atoms with Gasteiger partial charge in [-0.15, -0.1) is 0 Å². The summed E-state index contributed by atoms with van der Waals surface area (Å²) in [5.41, 5.74) is 0. The minimum absolute atomic E-state index is 0.178. The van der Waals surface area contributed by atoms with Crippen LogP contribution in [-0.4, -0.2) is 65.8 Å². The minimum Gasteiger partial charge on any atom is -0.449 e. The summed E-state index contributed by atoms with van der Waals surface area (Å²) in [6.07, 6.45) is 7.81. The number of carbonyl (C=O) groups excluding carboxylic acids is 1. The molecule has 1 amide bonds. The highest BCUT2D eigenvalue weighted by molar-refractivity contribution is 5.67. The lowest BCUT2D eigenvalue weighted by Gasteiger charge is -2.32. The van der Waals surface area contributed by atoms with Gasteiger partial charge in [-0.25, -0.2) is 9.78 Å². The summed E-state index contributed by atoms with van der Waals surface area (Å²) in [5.74, 6) is 1.42. The normalized spacial score (nSPS) is 18.4. The Balaban J connectivity index is 1.93. The molecule has 0 N–H and O–H groups in total. The summed E-state index contributed by atoms with van der Waals surface area (Å²) < 4.78 is 7.52. The first-order valence-corrected chi connectivity index (χ1v) is 8.69. The first-order valence-electron chi connectivity index (χ1n) is 8.69. The van der Waals surface area contributed by atoms with Gasteiger partial charge in [0, 0.05) is 37.9 Å². The van der Waals surface area contributed by atoms with E-state index in [-0.39, 0.29) is 6.09 Å². The Morgan fingerprint density at radius 2 is 2.30 bits per heavy atom. The molecule has 0 spiro atoms. The van der Waals surface area contributed by atoms with Crippen LogP contribution in [0.25, 0.3) is 0 Å². The van der Waals surface area contributed by atoms with Gasteiger partial charge in [-0.2, -0.15) is 0 Å². The topological polar surface area (TPSA) is 50.6 Å². The second-order valence-electron chi connectivity index (χ2n) is 6.54. The maximum atomic E-state index is 12.1. The fraction of sp³-hybridized carbons (Fsp3) is 0.765. The first-order chi connectivity index (χ1) is 11.1. The van der Waals surface area contributed by atoms with Crippen molar-refractivity contribution in [2.75, 3.05) is 40.3 Å². The fourth-order valence-electron chi connectivity index (χ4n) is 3.06. The van der Waals surface area contributed by atoms with Gasteiger partial charge in [0.25, 0.3) is 0 Å². The van der Waals surface area contributed by atoms with E-state index in [1.807, 2.05) is 18.0 Å². The smallest absolute Gasteiger partial charge is 0.409 e. The number of ether oxygens (including phenoxy) is 1. The first kappa shape index (κ1) is 17.8. The number of hydrogen-bond acceptors (Lipinski definition) is 4. The largest absolute Gasteiger partial charge is 0.449 e. The molecule has 130 valence electrons. The van der Waals surface area contributed by atoms with Crippen LogP contribution in [0.4, 0.5) is 4.79 Å². The Labute approximate surface area is 139 Å². The van der Waals surface area contributed by atoms with E-state index in [2.05, 4.69) is 34.7 Å². The monoisotopic (exact) mass is 322 g/mol. The third-order valence-corrected chi connectivity index (χ3v) is 4.23. The second-order valence-corrected chi connectivity index (χ2v) is 6.54. The highest BCUT2D eigenvalue weighted by Gasteiger charge is 2.28. The minimum atomic E-state index is -0.178. The molecule has 0 aromatic carbocycles. The van der Waals surface area contributed by atoms with Crippen molar-refractivity contribution in [3.8, 4) is 0 Å². The molecule has 1 aliphatic rings. The lowest BCUT2D eigenvalue weighted by Crippen LogP contribution is -2.40. The molecule has 0 unspecified atom stereocenters. The van der Waals surface area contributed by atoms with Crippen LogP contribution in [0.1, 0.15) is 44.3 Å². The Kier molecular flexibility index (Phi) is 6.89. The lowest BCUT2D eigenvalue weighted by molar-refractivity contribution is 0.0907. The van der Waals surface area contributed by atoms with Crippen molar-refractivity contribution in [2.45, 2.75) is 45.1 Å². The van der Waals surface area contributed by atoms with Crippen molar-refractivity contribution in [1.82, 2.24) is 19.4 Å². The zero-order chi connectivity index (χ0) is 16.7. The number of hydrogen-bond donors (Lipinski definition) is 0. The zero-order valence-electron chi connectivity index (χ0n) is 14.7. The molecular weight excluding hydrogens is 292 g/mol. The average Bonchev–Trinajstić information content (AvgIpc) is 3.01. The van der Waals surface area contributed by atoms with Crippen LogP contribution in [0.5, 0.6) is 0 Å². The molecule has 1 saturated heterocycles. The van der Waals surface area contributed by atoms with Crippen molar-refractivity contribution >= 4 is 6.09 Å². The van der Waals surface area contributed by atoms with Crippen LogP contribution in [0.2, 0.25) is 0 Å². The van der Waals surface area contributed by atoms with Crippen LogP contribution in [0.15, 0.2) is 12.4 Å². The zero-order valence-corrected chi connectivity index (χ0v) is 14.7. The SMILES string of the molecule is CCCOC(=O)N1CCC[C@@H](c2nccn2CCCN(C)C)C1. The van der Waals surface area contributed by atoms with E-state index in [9.17, 15) is 4.79 Å². The van der Waals surface area contributed by atoms with Gasteiger partial charge < -0.3 is 19.1 Å². The van der Waals surface area contributed by atoms with Crippen LogP contribution in [0.3, 0.4) is 0 Å². The molecule has 23 heavy (non-hydrogen) atoms. The van der Waals surface area contributed by atoms with Crippen LogP contribution >= 0.6 is 0 Å². The summed E-state index contributed by atoms with van der Waals surface area (Å²) in [6.45, 7) is 6.06. The highest BCUT2D eigenvalue weighted by Crippen LogP contribution is 2.26. The van der Waals surface area contributed by atoms with Crippen LogP contribution in [-0.2, 0) is 11.3 Å². The standard InChI is InChI=1S/C17H30N4O2/c1-4-13-23-17(22)21-10-5-7-15(14-21)16-18-8-12-20(16)11-6-9-19(2)3/h8,12,15H,4-7,9-11,13-14H2,1-3H3/t15-/m1/s1. The van der Waals surface area contributed by atoms with E-state index < -0.39 is 0 Å². The van der Waals surface area contributed by atoms with E-state index in [1.54, 1.807) is 0 Å². The predicted octanol–water partition coefficient (Wildman–Crippen LogP) is 2.56. The number of aromatic nitrogens is 2. The van der Waals surface area contributed by atoms with Gasteiger partial charge in [0.2, 0.25) is 0 Å². The second kappa shape index (κ2) is 8.91. The third-order valence-electron chi connectivity index (χ3n) is 4.23. The number of likely N-dealkylation sites (tertiary alicyclic amines) is 1. The van der Waals surface area contributed by atoms with E-state index in [0.717, 1.165) is 51.1 Å². The summed E-state index contributed by atoms with van der Waals surface area (Å²) >= 11 is 0. The lowest BCUT2D eigenvalue weighted by atomic mass is 9.97. The highest BCUT2D eigenvalue weighted by atomic mass is 16.6. The number of piperidine rings is 1. The van der Waals surface area contributed by atoms with Crippen molar-refractivity contribution in [2.24, 2.45) is 0 Å².